The predicted octanol–water partition coefficient (Wildman–Crippen LogP) is 5.30. The first-order valence-corrected chi connectivity index (χ1v) is 15.4. The summed E-state index contributed by atoms with van der Waals surface area (Å²) in [5, 5.41) is 2.89. The van der Waals surface area contributed by atoms with E-state index in [0.29, 0.717) is 12.3 Å². The number of hydrogen-bond acceptors (Lipinski definition) is 5. The highest BCUT2D eigenvalue weighted by Gasteiger charge is 2.33. The molecule has 0 bridgehead atoms. The number of amides is 2. The molecule has 8 nitrogen and oxygen atoms in total. The number of anilines is 1. The van der Waals surface area contributed by atoms with Gasteiger partial charge in [-0.2, -0.15) is 0 Å². The van der Waals surface area contributed by atoms with Gasteiger partial charge in [0.1, 0.15) is 18.3 Å². The van der Waals surface area contributed by atoms with Crippen LogP contribution in [0.3, 0.4) is 0 Å². The van der Waals surface area contributed by atoms with Crippen LogP contribution in [0.4, 0.5) is 5.69 Å². The Balaban J connectivity index is 2.03. The zero-order chi connectivity index (χ0) is 29.3. The second-order valence-electron chi connectivity index (χ2n) is 9.47. The van der Waals surface area contributed by atoms with Crippen LogP contribution in [0.1, 0.15) is 37.8 Å². The van der Waals surface area contributed by atoms with Crippen LogP contribution in [0.5, 0.6) is 5.75 Å². The van der Waals surface area contributed by atoms with Crippen molar-refractivity contribution in [3.8, 4) is 5.75 Å². The molecule has 0 fully saturated rings. The van der Waals surface area contributed by atoms with E-state index in [1.807, 2.05) is 38.1 Å². The first kappa shape index (κ1) is 31.2. The van der Waals surface area contributed by atoms with Gasteiger partial charge in [-0.1, -0.05) is 71.2 Å². The molecular weight excluding hydrogens is 594 g/mol. The number of methoxy groups -OCH3 is 1. The average Bonchev–Trinajstić information content (AvgIpc) is 2.95. The molecule has 0 saturated carbocycles. The molecule has 0 aromatic heterocycles. The molecule has 0 aliphatic heterocycles. The number of aryl methyl sites for hydroxylation is 1. The number of nitrogens with one attached hydrogen (secondary N) is 1. The minimum atomic E-state index is -4.17. The van der Waals surface area contributed by atoms with Gasteiger partial charge in [0, 0.05) is 17.6 Å². The maximum absolute atomic E-state index is 14.0. The maximum Gasteiger partial charge on any atom is 0.264 e. The van der Waals surface area contributed by atoms with E-state index in [4.69, 9.17) is 4.74 Å². The Morgan fingerprint density at radius 1 is 1.00 bits per heavy atom. The van der Waals surface area contributed by atoms with Crippen molar-refractivity contribution >= 4 is 43.5 Å². The molecule has 3 rings (SSSR count). The van der Waals surface area contributed by atoms with Crippen molar-refractivity contribution in [3.05, 3.63) is 88.4 Å². The van der Waals surface area contributed by atoms with E-state index in [-0.39, 0.29) is 23.0 Å². The summed E-state index contributed by atoms with van der Waals surface area (Å²) >= 11 is 3.42. The summed E-state index contributed by atoms with van der Waals surface area (Å²) in [6.07, 6.45) is 1.73. The molecule has 214 valence electrons. The van der Waals surface area contributed by atoms with Crippen LogP contribution in [0.15, 0.2) is 82.2 Å². The van der Waals surface area contributed by atoms with Crippen molar-refractivity contribution in [1.29, 1.82) is 0 Å². The predicted molar refractivity (Wildman–Crippen MR) is 161 cm³/mol. The zero-order valence-electron chi connectivity index (χ0n) is 23.3. The molecule has 2 amide bonds. The van der Waals surface area contributed by atoms with Crippen LogP contribution in [0.25, 0.3) is 0 Å². The van der Waals surface area contributed by atoms with Crippen molar-refractivity contribution in [2.45, 2.75) is 51.1 Å². The van der Waals surface area contributed by atoms with Crippen LogP contribution >= 0.6 is 15.9 Å². The van der Waals surface area contributed by atoms with Crippen molar-refractivity contribution in [3.63, 3.8) is 0 Å². The third-order valence-corrected chi connectivity index (χ3v) is 8.81. The molecule has 1 atom stereocenters. The number of carbonyl (C=O) groups is 2. The van der Waals surface area contributed by atoms with E-state index < -0.39 is 28.5 Å². The van der Waals surface area contributed by atoms with Crippen molar-refractivity contribution in [2.24, 2.45) is 0 Å². The fraction of sp³-hybridized carbons (Fsp3) is 0.333. The standard InChI is InChI=1S/C30H36BrN3O5S/c1-5-6-19-32-30(36)23(3)33(20-24-13-15-25(31)16-14-24)29(35)21-34(27-9-7-8-10-28(27)39-4)40(37,38)26-17-11-22(2)12-18-26/h7-18,23H,5-6,19-21H2,1-4H3,(H,32,36)/t23-/m1/s1. The Morgan fingerprint density at radius 3 is 2.27 bits per heavy atom. The van der Waals surface area contributed by atoms with E-state index >= 15 is 0 Å². The minimum absolute atomic E-state index is 0.0432. The van der Waals surface area contributed by atoms with Gasteiger partial charge in [0.25, 0.3) is 10.0 Å². The zero-order valence-corrected chi connectivity index (χ0v) is 25.7. The molecule has 3 aromatic carbocycles. The van der Waals surface area contributed by atoms with Gasteiger partial charge >= 0.3 is 0 Å². The number of para-hydroxylation sites is 2. The minimum Gasteiger partial charge on any atom is -0.495 e. The number of ether oxygens (including phenoxy) is 1. The molecule has 0 aliphatic rings. The Hall–Kier alpha value is -3.37. The lowest BCUT2D eigenvalue weighted by Crippen LogP contribution is -2.51. The highest BCUT2D eigenvalue weighted by atomic mass is 79.9. The van der Waals surface area contributed by atoms with Gasteiger partial charge in [-0.05, 0) is 62.2 Å². The first-order chi connectivity index (χ1) is 19.1. The van der Waals surface area contributed by atoms with E-state index in [2.05, 4.69) is 21.2 Å². The lowest BCUT2D eigenvalue weighted by atomic mass is 10.1. The van der Waals surface area contributed by atoms with Crippen LogP contribution in [-0.4, -0.2) is 51.4 Å². The van der Waals surface area contributed by atoms with Crippen LogP contribution in [-0.2, 0) is 26.2 Å². The average molecular weight is 631 g/mol. The van der Waals surface area contributed by atoms with Crippen LogP contribution in [0, 0.1) is 6.92 Å². The number of halogens is 1. The number of benzene rings is 3. The third kappa shape index (κ3) is 7.85. The van der Waals surface area contributed by atoms with Crippen LogP contribution in [0.2, 0.25) is 0 Å². The summed E-state index contributed by atoms with van der Waals surface area (Å²) in [7, 11) is -2.73. The fourth-order valence-corrected chi connectivity index (χ4v) is 5.78. The monoisotopic (exact) mass is 629 g/mol. The topological polar surface area (TPSA) is 96.0 Å². The largest absolute Gasteiger partial charge is 0.495 e. The van der Waals surface area contributed by atoms with Gasteiger partial charge < -0.3 is 15.0 Å². The summed E-state index contributed by atoms with van der Waals surface area (Å²) in [6.45, 7) is 5.64. The normalized spacial score (nSPS) is 11.9. The number of hydrogen-bond donors (Lipinski definition) is 1. The molecule has 0 radical (unpaired) electrons. The lowest BCUT2D eigenvalue weighted by molar-refractivity contribution is -0.139. The van der Waals surface area contributed by atoms with Gasteiger partial charge in [0.2, 0.25) is 11.8 Å². The molecule has 3 aromatic rings. The summed E-state index contributed by atoms with van der Waals surface area (Å²) in [5.74, 6) is -0.525. The molecule has 0 spiro atoms. The Morgan fingerprint density at radius 2 is 1.65 bits per heavy atom. The van der Waals surface area contributed by atoms with E-state index in [1.54, 1.807) is 43.3 Å². The van der Waals surface area contributed by atoms with Gasteiger partial charge in [0.05, 0.1) is 17.7 Å². The summed E-state index contributed by atoms with van der Waals surface area (Å²) in [6, 6.07) is 19.7. The molecular formula is C30H36BrN3O5S. The summed E-state index contributed by atoms with van der Waals surface area (Å²) in [5.41, 5.74) is 1.93. The van der Waals surface area contributed by atoms with Gasteiger partial charge in [-0.3, -0.25) is 13.9 Å². The first-order valence-electron chi connectivity index (χ1n) is 13.1. The quantitative estimate of drug-likeness (QED) is 0.259. The SMILES string of the molecule is CCCCNC(=O)[C@@H](C)N(Cc1ccc(Br)cc1)C(=O)CN(c1ccccc1OC)S(=O)(=O)c1ccc(C)cc1. The highest BCUT2D eigenvalue weighted by Crippen LogP contribution is 2.32. The van der Waals surface area contributed by atoms with Gasteiger partial charge in [-0.15, -0.1) is 0 Å². The van der Waals surface area contributed by atoms with Crippen LogP contribution < -0.4 is 14.4 Å². The van der Waals surface area contributed by atoms with Gasteiger partial charge in [-0.25, -0.2) is 8.42 Å². The number of unbranched alkanes of at least 4 members (excludes halogenated alkanes) is 1. The Labute approximate surface area is 245 Å². The van der Waals surface area contributed by atoms with Gasteiger partial charge in [0.15, 0.2) is 0 Å². The fourth-order valence-electron chi connectivity index (χ4n) is 4.09. The molecule has 0 unspecified atom stereocenters. The smallest absolute Gasteiger partial charge is 0.264 e. The molecule has 10 heteroatoms. The molecule has 1 N–H and O–H groups in total. The Bertz CT molecular complexity index is 1400. The maximum atomic E-state index is 14.0. The Kier molecular flexibility index (Phi) is 11.2. The number of sulfonamides is 1. The summed E-state index contributed by atoms with van der Waals surface area (Å²) < 4.78 is 35.3. The molecule has 0 aliphatic carbocycles. The second kappa shape index (κ2) is 14.3. The molecule has 0 heterocycles. The molecule has 40 heavy (non-hydrogen) atoms. The lowest BCUT2D eigenvalue weighted by Gasteiger charge is -2.32. The van der Waals surface area contributed by atoms with Crippen molar-refractivity contribution in [1.82, 2.24) is 10.2 Å². The molecule has 0 saturated heterocycles. The highest BCUT2D eigenvalue weighted by molar-refractivity contribution is 9.10. The van der Waals surface area contributed by atoms with E-state index in [9.17, 15) is 18.0 Å². The third-order valence-electron chi connectivity index (χ3n) is 6.50. The summed E-state index contributed by atoms with van der Waals surface area (Å²) in [4.78, 5) is 28.5. The number of carbonyl (C=O) groups excluding carboxylic acids is 2. The second-order valence-corrected chi connectivity index (χ2v) is 12.2. The number of nitrogens with zero attached hydrogens (tertiary/aromatic N) is 2. The van der Waals surface area contributed by atoms with Crippen molar-refractivity contribution < 1.29 is 22.7 Å². The van der Waals surface area contributed by atoms with E-state index in [1.165, 1.54) is 24.1 Å². The van der Waals surface area contributed by atoms with Crippen molar-refractivity contribution in [2.75, 3.05) is 24.5 Å². The number of rotatable bonds is 13. The van der Waals surface area contributed by atoms with E-state index in [0.717, 1.165) is 32.7 Å².